The van der Waals surface area contributed by atoms with E-state index in [1.165, 1.54) is 0 Å². The lowest BCUT2D eigenvalue weighted by atomic mass is 9.76. The second-order valence-electron chi connectivity index (χ2n) is 9.20. The number of aliphatic hydroxyl groups is 1. The van der Waals surface area contributed by atoms with E-state index >= 15 is 0 Å². The van der Waals surface area contributed by atoms with Crippen LogP contribution in [0.2, 0.25) is 0 Å². The number of rotatable bonds is 7. The maximum Gasteiger partial charge on any atom is 0.366 e. The van der Waals surface area contributed by atoms with E-state index in [-0.39, 0.29) is 12.8 Å². The fourth-order valence-corrected chi connectivity index (χ4v) is 4.36. The molecular formula is C25H28N2O6. The van der Waals surface area contributed by atoms with E-state index in [4.69, 9.17) is 14.0 Å². The number of nitrogens with zero attached hydrogens (tertiary/aromatic N) is 1. The summed E-state index contributed by atoms with van der Waals surface area (Å²) in [5, 5.41) is 19.2. The van der Waals surface area contributed by atoms with Gasteiger partial charge in [0.25, 0.3) is 5.91 Å². The van der Waals surface area contributed by atoms with Crippen molar-refractivity contribution in [3.8, 4) is 0 Å². The summed E-state index contributed by atoms with van der Waals surface area (Å²) >= 11 is 0. The molecule has 0 spiro atoms. The highest BCUT2D eigenvalue weighted by Crippen LogP contribution is 2.37. The second kappa shape index (κ2) is 9.05. The van der Waals surface area contributed by atoms with Crippen LogP contribution in [0.3, 0.4) is 0 Å². The summed E-state index contributed by atoms with van der Waals surface area (Å²) in [4.78, 5) is 25.4. The monoisotopic (exact) mass is 452 g/mol. The van der Waals surface area contributed by atoms with Crippen LogP contribution in [0.5, 0.6) is 0 Å². The zero-order chi connectivity index (χ0) is 23.6. The highest BCUT2D eigenvalue weighted by molar-refractivity contribution is 5.99. The molecule has 1 atom stereocenters. The second-order valence-corrected chi connectivity index (χ2v) is 9.20. The molecule has 0 radical (unpaired) electrons. The lowest BCUT2D eigenvalue weighted by Crippen LogP contribution is -2.50. The first-order valence-electron chi connectivity index (χ1n) is 10.9. The van der Waals surface area contributed by atoms with Crippen molar-refractivity contribution >= 4 is 22.4 Å². The van der Waals surface area contributed by atoms with Crippen LogP contribution in [0.25, 0.3) is 10.8 Å². The number of amides is 1. The smallest absolute Gasteiger partial charge is 0.366 e. The van der Waals surface area contributed by atoms with E-state index in [0.29, 0.717) is 35.4 Å². The fraction of sp³-hybridized carbons (Fsp3) is 0.400. The molecule has 2 aromatic carbocycles. The van der Waals surface area contributed by atoms with Crippen LogP contribution in [0, 0.1) is 12.3 Å². The van der Waals surface area contributed by atoms with E-state index in [0.717, 1.165) is 5.56 Å². The summed E-state index contributed by atoms with van der Waals surface area (Å²) in [6.45, 7) is 6.51. The van der Waals surface area contributed by atoms with Crippen molar-refractivity contribution in [2.75, 3.05) is 18.5 Å². The molecule has 0 saturated carbocycles. The Balaban J connectivity index is 1.64. The Hall–Kier alpha value is -3.07. The van der Waals surface area contributed by atoms with Crippen molar-refractivity contribution in [2.24, 2.45) is 5.41 Å². The average molecular weight is 453 g/mol. The predicted octanol–water partition coefficient (Wildman–Crippen LogP) is 3.20. The molecular weight excluding hydrogens is 424 g/mol. The molecule has 2 N–H and O–H groups in total. The van der Waals surface area contributed by atoms with E-state index in [1.54, 1.807) is 25.1 Å². The Morgan fingerprint density at radius 2 is 1.82 bits per heavy atom. The summed E-state index contributed by atoms with van der Waals surface area (Å²) in [7, 11) is 0. The number of hydrogen-bond donors (Lipinski definition) is 2. The summed E-state index contributed by atoms with van der Waals surface area (Å²) < 4.78 is 16.1. The largest absolute Gasteiger partial charge is 0.380 e. The first-order chi connectivity index (χ1) is 15.7. The standard InChI is InChI=1S/C25H28N2O6/c1-16-20-13-18(9-10-19(20)21(28)33-27-16)26-22(29)25(30,14-17-7-5-4-6-8-17)15-24(2,3)23-31-11-12-32-23/h4-10,13,23,30H,11-12,14-15H2,1-3H3,(H,26,29). The lowest BCUT2D eigenvalue weighted by Gasteiger charge is -2.37. The van der Waals surface area contributed by atoms with Crippen LogP contribution in [-0.2, 0) is 20.7 Å². The number of carbonyl (C=O) groups is 1. The minimum atomic E-state index is -1.74. The first kappa shape index (κ1) is 23.1. The van der Waals surface area contributed by atoms with Crippen LogP contribution >= 0.6 is 0 Å². The van der Waals surface area contributed by atoms with Gasteiger partial charge in [-0.25, -0.2) is 4.79 Å². The number of hydrogen-bond acceptors (Lipinski definition) is 7. The van der Waals surface area contributed by atoms with Gasteiger partial charge in [0, 0.05) is 22.9 Å². The van der Waals surface area contributed by atoms with Crippen molar-refractivity contribution < 1.29 is 23.9 Å². The molecule has 174 valence electrons. The van der Waals surface area contributed by atoms with Crippen molar-refractivity contribution in [1.29, 1.82) is 0 Å². The summed E-state index contributed by atoms with van der Waals surface area (Å²) in [5.41, 5.74) is -1.11. The SMILES string of the molecule is Cc1noc(=O)c2ccc(NC(=O)C(O)(Cc3ccccc3)CC(C)(C)C3OCCO3)cc12. The normalized spacial score (nSPS) is 16.6. The van der Waals surface area contributed by atoms with Crippen LogP contribution in [-0.4, -0.2) is 41.3 Å². The van der Waals surface area contributed by atoms with Gasteiger partial charge in [-0.05, 0) is 37.1 Å². The van der Waals surface area contributed by atoms with E-state index in [9.17, 15) is 14.7 Å². The van der Waals surface area contributed by atoms with Crippen LogP contribution < -0.4 is 10.9 Å². The van der Waals surface area contributed by atoms with Gasteiger partial charge in [-0.1, -0.05) is 49.3 Å². The number of aromatic nitrogens is 1. The highest BCUT2D eigenvalue weighted by Gasteiger charge is 2.46. The Morgan fingerprint density at radius 3 is 2.52 bits per heavy atom. The molecule has 0 aliphatic carbocycles. The summed E-state index contributed by atoms with van der Waals surface area (Å²) in [5.74, 6) is -0.551. The molecule has 8 heteroatoms. The number of benzene rings is 2. The maximum absolute atomic E-state index is 13.5. The number of fused-ring (bicyclic) bond motifs is 1. The Morgan fingerprint density at radius 1 is 1.12 bits per heavy atom. The van der Waals surface area contributed by atoms with Crippen LogP contribution in [0.15, 0.2) is 57.8 Å². The van der Waals surface area contributed by atoms with Gasteiger partial charge in [-0.15, -0.1) is 0 Å². The van der Waals surface area contributed by atoms with Gasteiger partial charge in [-0.3, -0.25) is 4.79 Å². The maximum atomic E-state index is 13.5. The quantitative estimate of drug-likeness (QED) is 0.566. The minimum absolute atomic E-state index is 0.114. The molecule has 0 bridgehead atoms. The Kier molecular flexibility index (Phi) is 6.34. The molecule has 33 heavy (non-hydrogen) atoms. The molecule has 1 aliphatic heterocycles. The van der Waals surface area contributed by atoms with Crippen LogP contribution in [0.4, 0.5) is 5.69 Å². The molecule has 1 saturated heterocycles. The van der Waals surface area contributed by atoms with Gasteiger partial charge in [0.15, 0.2) is 6.29 Å². The molecule has 1 fully saturated rings. The van der Waals surface area contributed by atoms with Gasteiger partial charge in [0.2, 0.25) is 0 Å². The number of carbonyl (C=O) groups excluding carboxylic acids is 1. The Bertz CT molecular complexity index is 1200. The Labute approximate surface area is 191 Å². The zero-order valence-corrected chi connectivity index (χ0v) is 19.0. The number of nitrogens with one attached hydrogen (secondary N) is 1. The molecule has 1 aromatic heterocycles. The van der Waals surface area contributed by atoms with Crippen molar-refractivity contribution in [3.05, 3.63) is 70.2 Å². The number of ether oxygens (including phenoxy) is 2. The molecule has 4 rings (SSSR count). The lowest BCUT2D eigenvalue weighted by molar-refractivity contribution is -0.157. The molecule has 2 heterocycles. The van der Waals surface area contributed by atoms with Gasteiger partial charge < -0.3 is 24.4 Å². The third-order valence-electron chi connectivity index (χ3n) is 5.92. The molecule has 1 amide bonds. The average Bonchev–Trinajstić information content (AvgIpc) is 3.33. The van der Waals surface area contributed by atoms with Gasteiger partial charge >= 0.3 is 5.63 Å². The molecule has 3 aromatic rings. The summed E-state index contributed by atoms with van der Waals surface area (Å²) in [6, 6.07) is 14.2. The first-order valence-corrected chi connectivity index (χ1v) is 10.9. The summed E-state index contributed by atoms with van der Waals surface area (Å²) in [6.07, 6.45) is -0.280. The van der Waals surface area contributed by atoms with Crippen molar-refractivity contribution in [3.63, 3.8) is 0 Å². The fourth-order valence-electron chi connectivity index (χ4n) is 4.36. The van der Waals surface area contributed by atoms with E-state index in [2.05, 4.69) is 10.5 Å². The highest BCUT2D eigenvalue weighted by atomic mass is 16.7. The minimum Gasteiger partial charge on any atom is -0.380 e. The van der Waals surface area contributed by atoms with Crippen LogP contribution in [0.1, 0.15) is 31.5 Å². The van der Waals surface area contributed by atoms with Gasteiger partial charge in [0.05, 0.1) is 24.3 Å². The topological polar surface area (TPSA) is 111 Å². The number of aryl methyl sites for hydroxylation is 1. The molecule has 8 nitrogen and oxygen atoms in total. The zero-order valence-electron chi connectivity index (χ0n) is 19.0. The third-order valence-corrected chi connectivity index (χ3v) is 5.92. The predicted molar refractivity (Wildman–Crippen MR) is 123 cm³/mol. The van der Waals surface area contributed by atoms with E-state index in [1.807, 2.05) is 44.2 Å². The van der Waals surface area contributed by atoms with Crippen molar-refractivity contribution in [2.45, 2.75) is 45.5 Å². The van der Waals surface area contributed by atoms with Gasteiger partial charge in [-0.2, -0.15) is 0 Å². The van der Waals surface area contributed by atoms with E-state index < -0.39 is 28.8 Å². The molecule has 1 unspecified atom stereocenters. The van der Waals surface area contributed by atoms with Crippen molar-refractivity contribution in [1.82, 2.24) is 5.16 Å². The third kappa shape index (κ3) is 4.98. The molecule has 1 aliphatic rings. The number of anilines is 1. The van der Waals surface area contributed by atoms with Gasteiger partial charge in [0.1, 0.15) is 5.60 Å².